The van der Waals surface area contributed by atoms with E-state index in [9.17, 15) is 17.2 Å². The van der Waals surface area contributed by atoms with Gasteiger partial charge in [0.25, 0.3) is 0 Å². The van der Waals surface area contributed by atoms with E-state index in [2.05, 4.69) is 25.2 Å². The lowest BCUT2D eigenvalue weighted by Crippen LogP contribution is -2.48. The molecule has 166 valence electrons. The van der Waals surface area contributed by atoms with E-state index >= 15 is 0 Å². The molecule has 1 aromatic carbocycles. The van der Waals surface area contributed by atoms with Gasteiger partial charge in [0.05, 0.1) is 12.8 Å². The number of benzene rings is 1. The third-order valence-electron chi connectivity index (χ3n) is 4.41. The quantitative estimate of drug-likeness (QED) is 0.200. The summed E-state index contributed by atoms with van der Waals surface area (Å²) in [5.41, 5.74) is 0.763. The van der Waals surface area contributed by atoms with Crippen molar-refractivity contribution in [3.63, 3.8) is 0 Å². The SMILES string of the molecule is CCNC(=NCCNS(C)(=O)=O)NC1CCN(Cc2ccc(F)c(F)c2)CC1.I. The molecule has 1 heterocycles. The molecule has 29 heavy (non-hydrogen) atoms. The summed E-state index contributed by atoms with van der Waals surface area (Å²) in [4.78, 5) is 6.61. The highest BCUT2D eigenvalue weighted by atomic mass is 127. The second kappa shape index (κ2) is 12.6. The molecule has 2 rings (SSSR count). The molecule has 0 radical (unpaired) electrons. The molecular weight excluding hydrogens is 515 g/mol. The Balaban J connectivity index is 0.00000420. The molecule has 0 amide bonds. The van der Waals surface area contributed by atoms with Crippen LogP contribution in [0.5, 0.6) is 0 Å². The molecule has 0 unspecified atom stereocenters. The minimum Gasteiger partial charge on any atom is -0.357 e. The molecule has 0 saturated carbocycles. The van der Waals surface area contributed by atoms with Gasteiger partial charge < -0.3 is 10.6 Å². The molecule has 1 aromatic rings. The van der Waals surface area contributed by atoms with Crippen LogP contribution in [0.4, 0.5) is 8.78 Å². The van der Waals surface area contributed by atoms with Gasteiger partial charge in [-0.25, -0.2) is 21.9 Å². The number of hydrogen-bond donors (Lipinski definition) is 3. The standard InChI is InChI=1S/C18H29F2N5O2S.HI/c1-3-21-18(22-8-9-23-28(2,26)27)24-15-6-10-25(11-7-15)13-14-4-5-16(19)17(20)12-14;/h4-5,12,15,23H,3,6-11,13H2,1-2H3,(H2,21,22,24);1H. The van der Waals surface area contributed by atoms with Crippen LogP contribution < -0.4 is 15.4 Å². The van der Waals surface area contributed by atoms with Crippen LogP contribution in [-0.4, -0.2) is 64.3 Å². The van der Waals surface area contributed by atoms with E-state index in [1.807, 2.05) is 6.92 Å². The average Bonchev–Trinajstić information content (AvgIpc) is 2.63. The third kappa shape index (κ3) is 10.0. The van der Waals surface area contributed by atoms with Crippen LogP contribution >= 0.6 is 24.0 Å². The van der Waals surface area contributed by atoms with Gasteiger partial charge in [0.2, 0.25) is 10.0 Å². The normalized spacial score (nSPS) is 16.3. The Morgan fingerprint density at radius 2 is 1.93 bits per heavy atom. The summed E-state index contributed by atoms with van der Waals surface area (Å²) in [6.45, 7) is 5.54. The van der Waals surface area contributed by atoms with Gasteiger partial charge in [-0.1, -0.05) is 6.07 Å². The zero-order chi connectivity index (χ0) is 20.6. The van der Waals surface area contributed by atoms with Crippen molar-refractivity contribution in [3.8, 4) is 0 Å². The van der Waals surface area contributed by atoms with Gasteiger partial charge in [-0.15, -0.1) is 24.0 Å². The minimum absolute atomic E-state index is 0. The number of aliphatic imine (C=N–C) groups is 1. The Morgan fingerprint density at radius 3 is 2.52 bits per heavy atom. The van der Waals surface area contributed by atoms with Crippen molar-refractivity contribution in [2.45, 2.75) is 32.4 Å². The lowest BCUT2D eigenvalue weighted by molar-refractivity contribution is 0.198. The van der Waals surface area contributed by atoms with Crippen molar-refractivity contribution in [1.82, 2.24) is 20.3 Å². The van der Waals surface area contributed by atoms with Crippen molar-refractivity contribution >= 4 is 40.0 Å². The van der Waals surface area contributed by atoms with Crippen molar-refractivity contribution < 1.29 is 17.2 Å². The van der Waals surface area contributed by atoms with Crippen LogP contribution in [0.1, 0.15) is 25.3 Å². The van der Waals surface area contributed by atoms with Gasteiger partial charge >= 0.3 is 0 Å². The van der Waals surface area contributed by atoms with E-state index in [1.165, 1.54) is 6.07 Å². The van der Waals surface area contributed by atoms with E-state index in [0.717, 1.165) is 43.8 Å². The van der Waals surface area contributed by atoms with Crippen molar-refractivity contribution in [2.75, 3.05) is 39.0 Å². The first-order valence-corrected chi connectivity index (χ1v) is 11.3. The summed E-state index contributed by atoms with van der Waals surface area (Å²) in [5.74, 6) is -0.976. The zero-order valence-electron chi connectivity index (χ0n) is 16.7. The van der Waals surface area contributed by atoms with E-state index in [-0.39, 0.29) is 36.6 Å². The third-order valence-corrected chi connectivity index (χ3v) is 5.14. The zero-order valence-corrected chi connectivity index (χ0v) is 19.9. The Morgan fingerprint density at radius 1 is 1.24 bits per heavy atom. The molecule has 0 bridgehead atoms. The lowest BCUT2D eigenvalue weighted by Gasteiger charge is -2.33. The highest BCUT2D eigenvalue weighted by molar-refractivity contribution is 14.0. The minimum atomic E-state index is -3.21. The maximum Gasteiger partial charge on any atom is 0.208 e. The number of guanidine groups is 1. The summed E-state index contributed by atoms with van der Waals surface area (Å²) in [5, 5.41) is 6.54. The maximum absolute atomic E-state index is 13.3. The second-order valence-corrected chi connectivity index (χ2v) is 8.70. The number of hydrogen-bond acceptors (Lipinski definition) is 4. The molecule has 0 spiro atoms. The van der Waals surface area contributed by atoms with Crippen LogP contribution in [0.3, 0.4) is 0 Å². The number of halogens is 3. The van der Waals surface area contributed by atoms with E-state index in [1.54, 1.807) is 6.07 Å². The number of nitrogens with zero attached hydrogens (tertiary/aromatic N) is 2. The molecule has 1 aliphatic rings. The number of likely N-dealkylation sites (tertiary alicyclic amines) is 1. The van der Waals surface area contributed by atoms with Crippen molar-refractivity contribution in [2.24, 2.45) is 4.99 Å². The van der Waals surface area contributed by atoms with Crippen LogP contribution in [-0.2, 0) is 16.6 Å². The molecule has 1 saturated heterocycles. The Kier molecular flexibility index (Phi) is 11.3. The molecule has 3 N–H and O–H groups in total. The van der Waals surface area contributed by atoms with E-state index in [0.29, 0.717) is 25.6 Å². The fraction of sp³-hybridized carbons (Fsp3) is 0.611. The Bertz CT molecular complexity index is 772. The van der Waals surface area contributed by atoms with E-state index in [4.69, 9.17) is 0 Å². The van der Waals surface area contributed by atoms with Gasteiger partial charge in [-0.05, 0) is 37.5 Å². The van der Waals surface area contributed by atoms with Crippen LogP contribution in [0.25, 0.3) is 0 Å². The largest absolute Gasteiger partial charge is 0.357 e. The highest BCUT2D eigenvalue weighted by Crippen LogP contribution is 2.15. The molecule has 11 heteroatoms. The molecule has 1 fully saturated rings. The number of piperidine rings is 1. The highest BCUT2D eigenvalue weighted by Gasteiger charge is 2.20. The fourth-order valence-corrected chi connectivity index (χ4v) is 3.51. The van der Waals surface area contributed by atoms with E-state index < -0.39 is 21.7 Å². The summed E-state index contributed by atoms with van der Waals surface area (Å²) < 4.78 is 51.0. The predicted octanol–water partition coefficient (Wildman–Crippen LogP) is 1.65. The molecule has 0 atom stereocenters. The summed E-state index contributed by atoms with van der Waals surface area (Å²) in [6.07, 6.45) is 2.92. The summed E-state index contributed by atoms with van der Waals surface area (Å²) in [6, 6.07) is 4.28. The van der Waals surface area contributed by atoms with Gasteiger partial charge in [-0.2, -0.15) is 0 Å². The molecule has 0 aromatic heterocycles. The Hall–Kier alpha value is -1.05. The van der Waals surface area contributed by atoms with Crippen molar-refractivity contribution in [3.05, 3.63) is 35.4 Å². The second-order valence-electron chi connectivity index (χ2n) is 6.87. The Labute approximate surface area is 188 Å². The lowest BCUT2D eigenvalue weighted by atomic mass is 10.0. The van der Waals surface area contributed by atoms with Crippen LogP contribution in [0.2, 0.25) is 0 Å². The van der Waals surface area contributed by atoms with Crippen LogP contribution in [0.15, 0.2) is 23.2 Å². The van der Waals surface area contributed by atoms with Gasteiger partial charge in [0.1, 0.15) is 0 Å². The molecule has 1 aliphatic heterocycles. The van der Waals surface area contributed by atoms with Gasteiger partial charge in [-0.3, -0.25) is 9.89 Å². The topological polar surface area (TPSA) is 85.8 Å². The van der Waals surface area contributed by atoms with Crippen LogP contribution in [0, 0.1) is 11.6 Å². The first-order chi connectivity index (χ1) is 13.3. The monoisotopic (exact) mass is 545 g/mol. The van der Waals surface area contributed by atoms with Gasteiger partial charge in [0, 0.05) is 38.8 Å². The number of sulfonamides is 1. The summed E-state index contributed by atoms with van der Waals surface area (Å²) >= 11 is 0. The predicted molar refractivity (Wildman–Crippen MR) is 122 cm³/mol. The number of nitrogens with one attached hydrogen (secondary N) is 3. The first-order valence-electron chi connectivity index (χ1n) is 9.42. The molecule has 0 aliphatic carbocycles. The number of rotatable bonds is 8. The smallest absolute Gasteiger partial charge is 0.208 e. The molecule has 7 nitrogen and oxygen atoms in total. The fourth-order valence-electron chi connectivity index (χ4n) is 3.04. The van der Waals surface area contributed by atoms with Gasteiger partial charge in [0.15, 0.2) is 17.6 Å². The first kappa shape index (κ1) is 26.0. The maximum atomic E-state index is 13.3. The molecular formula is C18H30F2IN5O2S. The average molecular weight is 545 g/mol. The summed E-state index contributed by atoms with van der Waals surface area (Å²) in [7, 11) is -3.21. The van der Waals surface area contributed by atoms with Crippen molar-refractivity contribution in [1.29, 1.82) is 0 Å².